The van der Waals surface area contributed by atoms with E-state index in [-0.39, 0.29) is 24.3 Å². The molecule has 24 heavy (non-hydrogen) atoms. The summed E-state index contributed by atoms with van der Waals surface area (Å²) in [6.45, 7) is -0.0196. The lowest BCUT2D eigenvalue weighted by atomic mass is 10.2. The first kappa shape index (κ1) is 15.5. The summed E-state index contributed by atoms with van der Waals surface area (Å²) in [7, 11) is 3.23. The van der Waals surface area contributed by atoms with Crippen LogP contribution in [0.1, 0.15) is 0 Å². The van der Waals surface area contributed by atoms with Crippen molar-refractivity contribution in [1.82, 2.24) is 30.1 Å². The summed E-state index contributed by atoms with van der Waals surface area (Å²) in [5, 5.41) is 20.6. The average Bonchev–Trinajstić information content (AvgIpc) is 3.15. The Kier molecular flexibility index (Phi) is 4.10. The minimum atomic E-state index is -0.320. The normalized spacial score (nSPS) is 10.6. The number of nitrogens with one attached hydrogen (secondary N) is 3. The van der Waals surface area contributed by atoms with Crippen molar-refractivity contribution in [2.75, 3.05) is 24.7 Å². The third kappa shape index (κ3) is 3.48. The first-order chi connectivity index (χ1) is 11.5. The highest BCUT2D eigenvalue weighted by molar-refractivity contribution is 5.93. The number of amides is 3. The molecule has 0 aliphatic heterocycles. The number of fused-ring (bicyclic) bond motifs is 1. The van der Waals surface area contributed by atoms with E-state index in [0.717, 1.165) is 10.9 Å². The van der Waals surface area contributed by atoms with Crippen molar-refractivity contribution in [2.45, 2.75) is 6.54 Å². The molecule has 2 aromatic heterocycles. The summed E-state index contributed by atoms with van der Waals surface area (Å²) in [5.74, 6) is 0.0227. The smallest absolute Gasteiger partial charge is 0.322 e. The van der Waals surface area contributed by atoms with E-state index in [9.17, 15) is 9.59 Å². The van der Waals surface area contributed by atoms with E-state index in [4.69, 9.17) is 0 Å². The lowest BCUT2D eigenvalue weighted by Gasteiger charge is -2.09. The molecule has 1 aromatic carbocycles. The molecule has 0 aliphatic carbocycles. The Balaban J connectivity index is 1.60. The maximum absolute atomic E-state index is 12.1. The Hall–Kier alpha value is -3.43. The minimum Gasteiger partial charge on any atom is -0.331 e. The average molecular weight is 328 g/mol. The molecule has 3 aromatic rings. The fourth-order valence-electron chi connectivity index (χ4n) is 2.02. The highest BCUT2D eigenvalue weighted by Crippen LogP contribution is 2.16. The second-order valence-corrected chi connectivity index (χ2v) is 5.35. The summed E-state index contributed by atoms with van der Waals surface area (Å²) >= 11 is 0. The van der Waals surface area contributed by atoms with E-state index >= 15 is 0 Å². The van der Waals surface area contributed by atoms with Gasteiger partial charge in [-0.2, -0.15) is 5.10 Å². The highest BCUT2D eigenvalue weighted by atomic mass is 16.2. The maximum atomic E-state index is 12.1. The molecule has 0 fully saturated rings. The zero-order valence-electron chi connectivity index (χ0n) is 13.1. The number of hydrogen-bond acceptors (Lipinski definition) is 5. The molecule has 3 N–H and O–H groups in total. The molecule has 10 nitrogen and oxygen atoms in total. The Morgan fingerprint density at radius 1 is 1.29 bits per heavy atom. The van der Waals surface area contributed by atoms with Crippen molar-refractivity contribution in [3.05, 3.63) is 30.6 Å². The topological polar surface area (TPSA) is 121 Å². The third-order valence-electron chi connectivity index (χ3n) is 3.21. The van der Waals surface area contributed by atoms with Gasteiger partial charge in [-0.3, -0.25) is 15.2 Å². The number of aromatic nitrogens is 5. The molecule has 0 unspecified atom stereocenters. The largest absolute Gasteiger partial charge is 0.331 e. The number of carbonyl (C=O) groups is 2. The Labute approximate surface area is 136 Å². The van der Waals surface area contributed by atoms with Crippen LogP contribution in [-0.4, -0.2) is 56.1 Å². The molecular weight excluding hydrogens is 312 g/mol. The summed E-state index contributed by atoms with van der Waals surface area (Å²) in [5.41, 5.74) is 1.56. The van der Waals surface area contributed by atoms with Crippen molar-refractivity contribution in [1.29, 1.82) is 0 Å². The van der Waals surface area contributed by atoms with Gasteiger partial charge in [-0.25, -0.2) is 9.48 Å². The summed E-state index contributed by atoms with van der Waals surface area (Å²) < 4.78 is 1.34. The molecule has 10 heteroatoms. The summed E-state index contributed by atoms with van der Waals surface area (Å²) in [6.07, 6.45) is 3.17. The van der Waals surface area contributed by atoms with E-state index in [2.05, 4.69) is 31.1 Å². The van der Waals surface area contributed by atoms with Crippen LogP contribution in [0.3, 0.4) is 0 Å². The zero-order chi connectivity index (χ0) is 17.1. The van der Waals surface area contributed by atoms with Crippen LogP contribution in [0.2, 0.25) is 0 Å². The molecule has 0 saturated heterocycles. The quantitative estimate of drug-likeness (QED) is 0.656. The van der Waals surface area contributed by atoms with Gasteiger partial charge in [-0.15, -0.1) is 5.10 Å². The fraction of sp³-hybridized carbons (Fsp3) is 0.214. The monoisotopic (exact) mass is 328 g/mol. The number of H-pyrrole nitrogens is 1. The zero-order valence-corrected chi connectivity index (χ0v) is 13.1. The maximum Gasteiger partial charge on any atom is 0.322 e. The van der Waals surface area contributed by atoms with E-state index in [1.165, 1.54) is 15.8 Å². The van der Waals surface area contributed by atoms with Crippen LogP contribution in [0.4, 0.5) is 16.3 Å². The lowest BCUT2D eigenvalue weighted by molar-refractivity contribution is -0.116. The number of benzene rings is 1. The number of rotatable bonds is 4. The van der Waals surface area contributed by atoms with Crippen molar-refractivity contribution >= 4 is 34.3 Å². The molecule has 0 spiro atoms. The van der Waals surface area contributed by atoms with E-state index in [1.54, 1.807) is 26.4 Å². The third-order valence-corrected chi connectivity index (χ3v) is 3.21. The van der Waals surface area contributed by atoms with Gasteiger partial charge in [0.25, 0.3) is 0 Å². The Morgan fingerprint density at radius 2 is 2.12 bits per heavy atom. The van der Waals surface area contributed by atoms with Crippen LogP contribution in [0.25, 0.3) is 10.9 Å². The molecule has 0 bridgehead atoms. The number of nitrogens with zero attached hydrogens (tertiary/aromatic N) is 5. The van der Waals surface area contributed by atoms with Crippen molar-refractivity contribution in [3.8, 4) is 0 Å². The fourth-order valence-corrected chi connectivity index (χ4v) is 2.02. The van der Waals surface area contributed by atoms with Crippen LogP contribution < -0.4 is 10.6 Å². The summed E-state index contributed by atoms with van der Waals surface area (Å²) in [4.78, 5) is 25.0. The number of urea groups is 1. The van der Waals surface area contributed by atoms with Crippen LogP contribution in [0.15, 0.2) is 30.6 Å². The van der Waals surface area contributed by atoms with Gasteiger partial charge < -0.3 is 10.2 Å². The predicted molar refractivity (Wildman–Crippen MR) is 87.5 cm³/mol. The predicted octanol–water partition coefficient (Wildman–Crippen LogP) is 0.887. The van der Waals surface area contributed by atoms with Gasteiger partial charge in [0, 0.05) is 25.2 Å². The molecule has 124 valence electrons. The van der Waals surface area contributed by atoms with Crippen molar-refractivity contribution < 1.29 is 9.59 Å². The standard InChI is InChI=1S/C14H16N8O2/c1-21(2)14(24)17-12-7-22(20-19-12)8-13(23)16-10-3-4-11-9(5-10)6-15-18-11/h3-7H,8H2,1-2H3,(H,15,18)(H,16,23)(H,17,24). The van der Waals surface area contributed by atoms with Crippen LogP contribution in [0, 0.1) is 0 Å². The molecule has 0 radical (unpaired) electrons. The van der Waals surface area contributed by atoms with E-state index < -0.39 is 0 Å². The lowest BCUT2D eigenvalue weighted by Crippen LogP contribution is -2.27. The van der Waals surface area contributed by atoms with Crippen LogP contribution in [-0.2, 0) is 11.3 Å². The summed E-state index contributed by atoms with van der Waals surface area (Å²) in [6, 6.07) is 5.12. The SMILES string of the molecule is CN(C)C(=O)Nc1cn(CC(=O)Nc2ccc3[nH]ncc3c2)nn1. The first-order valence-corrected chi connectivity index (χ1v) is 7.13. The molecule has 0 aliphatic rings. The molecular formula is C14H16N8O2. The van der Waals surface area contributed by atoms with Gasteiger partial charge in [0.05, 0.1) is 17.9 Å². The van der Waals surface area contributed by atoms with Gasteiger partial charge in [0.1, 0.15) is 6.54 Å². The number of hydrogen-bond donors (Lipinski definition) is 3. The van der Waals surface area contributed by atoms with E-state index in [1.807, 2.05) is 12.1 Å². The highest BCUT2D eigenvalue weighted by Gasteiger charge is 2.10. The van der Waals surface area contributed by atoms with Crippen LogP contribution in [0.5, 0.6) is 0 Å². The molecule has 3 amide bonds. The first-order valence-electron chi connectivity index (χ1n) is 7.13. The number of aromatic amines is 1. The minimum absolute atomic E-state index is 0.0196. The van der Waals surface area contributed by atoms with Crippen molar-refractivity contribution in [2.24, 2.45) is 0 Å². The molecule has 0 saturated carbocycles. The second kappa shape index (κ2) is 6.36. The van der Waals surface area contributed by atoms with Crippen molar-refractivity contribution in [3.63, 3.8) is 0 Å². The van der Waals surface area contributed by atoms with Crippen LogP contribution >= 0.6 is 0 Å². The van der Waals surface area contributed by atoms with Gasteiger partial charge in [-0.1, -0.05) is 5.21 Å². The second-order valence-electron chi connectivity index (χ2n) is 5.35. The van der Waals surface area contributed by atoms with Gasteiger partial charge in [0.2, 0.25) is 5.91 Å². The van der Waals surface area contributed by atoms with Gasteiger partial charge in [-0.05, 0) is 18.2 Å². The molecule has 3 rings (SSSR count). The molecule has 0 atom stereocenters. The number of carbonyl (C=O) groups excluding carboxylic acids is 2. The Morgan fingerprint density at radius 3 is 2.92 bits per heavy atom. The van der Waals surface area contributed by atoms with E-state index in [0.29, 0.717) is 5.69 Å². The Bertz CT molecular complexity index is 882. The van der Waals surface area contributed by atoms with Gasteiger partial charge >= 0.3 is 6.03 Å². The number of anilines is 2. The molecule has 2 heterocycles. The van der Waals surface area contributed by atoms with Gasteiger partial charge in [0.15, 0.2) is 5.82 Å².